The van der Waals surface area contributed by atoms with Gasteiger partial charge in [0.2, 0.25) is 0 Å². The fraction of sp³-hybridized carbons (Fsp3) is 0.600. The summed E-state index contributed by atoms with van der Waals surface area (Å²) in [6, 6.07) is 3.96. The Balaban J connectivity index is 2.89. The van der Waals surface area contributed by atoms with Gasteiger partial charge in [-0.25, -0.2) is 4.79 Å². The topological polar surface area (TPSA) is 71.5 Å². The molecular weight excluding hydrogens is 256 g/mol. The summed E-state index contributed by atoms with van der Waals surface area (Å²) in [5, 5.41) is 12.4. The Bertz CT molecular complexity index is 447. The third-order valence-electron chi connectivity index (χ3n) is 2.84. The normalized spacial score (nSPS) is 12.4. The molecule has 2 N–H and O–H groups in total. The number of hydrogen-bond acceptors (Lipinski definition) is 4. The van der Waals surface area contributed by atoms with Crippen molar-refractivity contribution in [3.8, 4) is 5.75 Å². The van der Waals surface area contributed by atoms with Crippen molar-refractivity contribution < 1.29 is 14.6 Å². The first kappa shape index (κ1) is 16.4. The van der Waals surface area contributed by atoms with E-state index in [1.165, 1.54) is 0 Å². The molecule has 0 saturated heterocycles. The fourth-order valence-corrected chi connectivity index (χ4v) is 1.78. The molecule has 1 heterocycles. The Morgan fingerprint density at radius 1 is 1.45 bits per heavy atom. The highest BCUT2D eigenvalue weighted by atomic mass is 16.5. The SMILES string of the molecule is CCCC(Oc1ccc(C)nc1CNC(C)C)C(=O)O. The number of hydrogen-bond donors (Lipinski definition) is 2. The van der Waals surface area contributed by atoms with Gasteiger partial charge in [-0.05, 0) is 25.5 Å². The van der Waals surface area contributed by atoms with Crippen molar-refractivity contribution in [2.45, 2.75) is 59.2 Å². The number of aliphatic carboxylic acids is 1. The lowest BCUT2D eigenvalue weighted by molar-refractivity contribution is -0.145. The van der Waals surface area contributed by atoms with Crippen LogP contribution in [0.3, 0.4) is 0 Å². The molecule has 0 bridgehead atoms. The van der Waals surface area contributed by atoms with E-state index in [0.717, 1.165) is 17.8 Å². The highest BCUT2D eigenvalue weighted by Crippen LogP contribution is 2.20. The van der Waals surface area contributed by atoms with Crippen LogP contribution in [-0.4, -0.2) is 28.2 Å². The van der Waals surface area contributed by atoms with E-state index in [1.807, 2.05) is 33.8 Å². The van der Waals surface area contributed by atoms with Crippen LogP contribution < -0.4 is 10.1 Å². The zero-order valence-electron chi connectivity index (χ0n) is 12.6. The minimum absolute atomic E-state index is 0.330. The molecule has 0 fully saturated rings. The summed E-state index contributed by atoms with van der Waals surface area (Å²) < 4.78 is 5.63. The second-order valence-corrected chi connectivity index (χ2v) is 5.17. The van der Waals surface area contributed by atoms with E-state index in [9.17, 15) is 4.79 Å². The number of rotatable bonds is 8. The molecule has 0 radical (unpaired) electrons. The number of ether oxygens (including phenoxy) is 1. The maximum Gasteiger partial charge on any atom is 0.344 e. The van der Waals surface area contributed by atoms with Gasteiger partial charge >= 0.3 is 5.97 Å². The number of nitrogens with zero attached hydrogens (tertiary/aromatic N) is 1. The molecule has 1 unspecified atom stereocenters. The third-order valence-corrected chi connectivity index (χ3v) is 2.84. The minimum atomic E-state index is -0.935. The Kier molecular flexibility index (Phi) is 6.45. The van der Waals surface area contributed by atoms with Crippen molar-refractivity contribution in [2.75, 3.05) is 0 Å². The average Bonchev–Trinajstić information content (AvgIpc) is 2.37. The summed E-state index contributed by atoms with van der Waals surface area (Å²) in [5.74, 6) is -0.389. The zero-order chi connectivity index (χ0) is 15.1. The van der Waals surface area contributed by atoms with E-state index >= 15 is 0 Å². The number of carboxylic acids is 1. The molecule has 0 amide bonds. The van der Waals surface area contributed by atoms with Gasteiger partial charge in [0.15, 0.2) is 6.10 Å². The lowest BCUT2D eigenvalue weighted by Crippen LogP contribution is -2.28. The predicted octanol–water partition coefficient (Wildman–Crippen LogP) is 2.52. The van der Waals surface area contributed by atoms with Crippen LogP contribution in [0.15, 0.2) is 12.1 Å². The first-order valence-electron chi connectivity index (χ1n) is 7.03. The predicted molar refractivity (Wildman–Crippen MR) is 77.9 cm³/mol. The van der Waals surface area contributed by atoms with Crippen molar-refractivity contribution in [1.29, 1.82) is 0 Å². The number of carboxylic acid groups (broad SMARTS) is 1. The first-order valence-corrected chi connectivity index (χ1v) is 7.03. The largest absolute Gasteiger partial charge is 0.479 e. The molecule has 5 nitrogen and oxygen atoms in total. The van der Waals surface area contributed by atoms with E-state index in [4.69, 9.17) is 9.84 Å². The van der Waals surface area contributed by atoms with E-state index in [0.29, 0.717) is 24.8 Å². The van der Waals surface area contributed by atoms with Crippen LogP contribution >= 0.6 is 0 Å². The van der Waals surface area contributed by atoms with Crippen LogP contribution in [0.5, 0.6) is 5.75 Å². The second-order valence-electron chi connectivity index (χ2n) is 5.17. The number of aryl methyl sites for hydroxylation is 1. The van der Waals surface area contributed by atoms with Crippen molar-refractivity contribution in [1.82, 2.24) is 10.3 Å². The highest BCUT2D eigenvalue weighted by Gasteiger charge is 2.20. The zero-order valence-corrected chi connectivity index (χ0v) is 12.6. The number of carbonyl (C=O) groups is 1. The second kappa shape index (κ2) is 7.85. The Hall–Kier alpha value is -1.62. The number of aromatic nitrogens is 1. The van der Waals surface area contributed by atoms with Crippen LogP contribution in [0.2, 0.25) is 0 Å². The summed E-state index contributed by atoms with van der Waals surface area (Å²) in [6.07, 6.45) is 0.429. The van der Waals surface area contributed by atoms with Gasteiger partial charge in [0, 0.05) is 18.3 Å². The molecular formula is C15H24N2O3. The summed E-state index contributed by atoms with van der Waals surface area (Å²) in [4.78, 5) is 15.6. The van der Waals surface area contributed by atoms with Gasteiger partial charge in [0.1, 0.15) is 5.75 Å². The molecule has 1 aromatic heterocycles. The molecule has 20 heavy (non-hydrogen) atoms. The average molecular weight is 280 g/mol. The maximum absolute atomic E-state index is 11.2. The van der Waals surface area contributed by atoms with Gasteiger partial charge in [-0.1, -0.05) is 27.2 Å². The summed E-state index contributed by atoms with van der Waals surface area (Å²) in [7, 11) is 0. The number of nitrogens with one attached hydrogen (secondary N) is 1. The van der Waals surface area contributed by atoms with Gasteiger partial charge in [0.25, 0.3) is 0 Å². The van der Waals surface area contributed by atoms with Gasteiger partial charge in [-0.15, -0.1) is 0 Å². The fourth-order valence-electron chi connectivity index (χ4n) is 1.78. The monoisotopic (exact) mass is 280 g/mol. The first-order chi connectivity index (χ1) is 9.43. The molecule has 1 rings (SSSR count). The lowest BCUT2D eigenvalue weighted by atomic mass is 10.2. The third kappa shape index (κ3) is 5.17. The van der Waals surface area contributed by atoms with Crippen molar-refractivity contribution in [2.24, 2.45) is 0 Å². The van der Waals surface area contributed by atoms with E-state index in [-0.39, 0.29) is 0 Å². The maximum atomic E-state index is 11.2. The van der Waals surface area contributed by atoms with Crippen molar-refractivity contribution in [3.63, 3.8) is 0 Å². The Morgan fingerprint density at radius 3 is 2.70 bits per heavy atom. The lowest BCUT2D eigenvalue weighted by Gasteiger charge is -2.18. The smallest absolute Gasteiger partial charge is 0.344 e. The van der Waals surface area contributed by atoms with Crippen LogP contribution in [-0.2, 0) is 11.3 Å². The Morgan fingerprint density at radius 2 is 2.15 bits per heavy atom. The standard InChI is InChI=1S/C15H24N2O3/c1-5-6-14(15(18)19)20-13-8-7-11(4)17-12(13)9-16-10(2)3/h7-8,10,14,16H,5-6,9H2,1-4H3,(H,18,19). The Labute approximate surface area is 120 Å². The molecule has 5 heteroatoms. The quantitative estimate of drug-likeness (QED) is 0.765. The van der Waals surface area contributed by atoms with Crippen LogP contribution in [0.4, 0.5) is 0 Å². The van der Waals surface area contributed by atoms with Crippen LogP contribution in [0.25, 0.3) is 0 Å². The van der Waals surface area contributed by atoms with E-state index in [2.05, 4.69) is 10.3 Å². The molecule has 0 aliphatic heterocycles. The summed E-state index contributed by atoms with van der Waals surface area (Å²) >= 11 is 0. The summed E-state index contributed by atoms with van der Waals surface area (Å²) in [5.41, 5.74) is 1.64. The van der Waals surface area contributed by atoms with E-state index in [1.54, 1.807) is 6.07 Å². The highest BCUT2D eigenvalue weighted by molar-refractivity contribution is 5.72. The molecule has 1 atom stereocenters. The summed E-state index contributed by atoms with van der Waals surface area (Å²) in [6.45, 7) is 8.51. The van der Waals surface area contributed by atoms with Gasteiger partial charge in [0.05, 0.1) is 5.69 Å². The van der Waals surface area contributed by atoms with Gasteiger partial charge < -0.3 is 15.2 Å². The van der Waals surface area contributed by atoms with Crippen LogP contribution in [0.1, 0.15) is 45.0 Å². The molecule has 0 aromatic carbocycles. The molecule has 112 valence electrons. The van der Waals surface area contributed by atoms with Crippen LogP contribution in [0, 0.1) is 6.92 Å². The van der Waals surface area contributed by atoms with Crippen molar-refractivity contribution in [3.05, 3.63) is 23.5 Å². The minimum Gasteiger partial charge on any atom is -0.479 e. The molecule has 0 saturated carbocycles. The van der Waals surface area contributed by atoms with E-state index < -0.39 is 12.1 Å². The van der Waals surface area contributed by atoms with Gasteiger partial charge in [-0.2, -0.15) is 0 Å². The molecule has 0 spiro atoms. The number of pyridine rings is 1. The van der Waals surface area contributed by atoms with Gasteiger partial charge in [-0.3, -0.25) is 4.98 Å². The molecule has 1 aromatic rings. The molecule has 0 aliphatic carbocycles. The molecule has 0 aliphatic rings. The van der Waals surface area contributed by atoms with Crippen molar-refractivity contribution >= 4 is 5.97 Å².